The molecule has 9 nitrogen and oxygen atoms in total. The molecule has 0 bridgehead atoms. The van der Waals surface area contributed by atoms with Crippen LogP contribution in [0.1, 0.15) is 48.3 Å². The second-order valence-corrected chi connectivity index (χ2v) is 9.81. The molecule has 3 rings (SSSR count). The fourth-order valence-electron chi connectivity index (χ4n) is 3.48. The van der Waals surface area contributed by atoms with E-state index in [1.54, 1.807) is 43.3 Å². The number of hydrogen-bond acceptors (Lipinski definition) is 7. The first kappa shape index (κ1) is 25.5. The monoisotopic (exact) mass is 505 g/mol. The van der Waals surface area contributed by atoms with Crippen molar-refractivity contribution in [3.63, 3.8) is 0 Å². The molecule has 1 fully saturated rings. The van der Waals surface area contributed by atoms with Crippen molar-refractivity contribution in [2.45, 2.75) is 43.7 Å². The predicted molar refractivity (Wildman–Crippen MR) is 129 cm³/mol. The zero-order valence-corrected chi connectivity index (χ0v) is 20.4. The van der Waals surface area contributed by atoms with Crippen LogP contribution in [0.15, 0.2) is 41.6 Å². The van der Waals surface area contributed by atoms with Gasteiger partial charge in [-0.05, 0) is 59.0 Å². The molecule has 1 aliphatic rings. The lowest BCUT2D eigenvalue weighted by molar-refractivity contribution is -0.144. The van der Waals surface area contributed by atoms with Gasteiger partial charge in [0.25, 0.3) is 11.8 Å². The number of nitroso groups, excluding NO2 is 1. The summed E-state index contributed by atoms with van der Waals surface area (Å²) in [6.45, 7) is 5.17. The molecule has 2 N–H and O–H groups in total. The number of carbonyl (C=O) groups is 3. The average Bonchev–Trinajstić information content (AvgIpc) is 3.07. The van der Waals surface area contributed by atoms with Gasteiger partial charge in [0, 0.05) is 5.02 Å². The quantitative estimate of drug-likeness (QED) is 0.473. The molecule has 0 radical (unpaired) electrons. The molecule has 0 saturated carbocycles. The first-order valence-corrected chi connectivity index (χ1v) is 11.8. The lowest BCUT2D eigenvalue weighted by Gasteiger charge is -2.25. The number of nitrogens with one attached hydrogen (secondary N) is 1. The summed E-state index contributed by atoms with van der Waals surface area (Å²) in [5.74, 6) is -1.76. The molecule has 1 aliphatic heterocycles. The molecule has 1 heterocycles. The smallest absolute Gasteiger partial charge is 0.305 e. The Morgan fingerprint density at radius 1 is 1.26 bits per heavy atom. The molecular weight excluding hydrogens is 482 g/mol. The van der Waals surface area contributed by atoms with Crippen LogP contribution in [0.4, 0.5) is 5.69 Å². The number of aliphatic carboxylic acids is 1. The highest BCUT2D eigenvalue weighted by Gasteiger charge is 2.43. The summed E-state index contributed by atoms with van der Waals surface area (Å²) in [5.41, 5.74) is 4.88. The SMILES string of the molecule is Cc1cc(OCC(=O)NN2C(=O)C(CC(=O)O)SC2c2ccc(Cl)cc2)c(C(C)C)cc1N=O. The normalized spacial score (nSPS) is 17.7. The number of carboxylic acids is 1. The number of carbonyl (C=O) groups excluding carboxylic acids is 2. The van der Waals surface area contributed by atoms with Crippen molar-refractivity contribution in [1.29, 1.82) is 0 Å². The van der Waals surface area contributed by atoms with E-state index in [4.69, 9.17) is 21.4 Å². The maximum atomic E-state index is 12.9. The fraction of sp³-hybridized carbons (Fsp3) is 0.348. The lowest BCUT2D eigenvalue weighted by atomic mass is 9.99. The zero-order chi connectivity index (χ0) is 25.0. The summed E-state index contributed by atoms with van der Waals surface area (Å²) in [6.07, 6.45) is -0.370. The van der Waals surface area contributed by atoms with Crippen LogP contribution >= 0.6 is 23.4 Å². The standard InChI is InChI=1S/C23H24ClN3O6S/c1-12(2)16-9-17(26-32)13(3)8-18(16)33-11-20(28)25-27-22(31)19(10-21(29)30)34-23(27)14-4-6-15(24)7-5-14/h4-9,12,19,23H,10-11H2,1-3H3,(H,25,28)(H,29,30). The molecule has 2 amide bonds. The average molecular weight is 506 g/mol. The van der Waals surface area contributed by atoms with Crippen LogP contribution in [0.5, 0.6) is 5.75 Å². The van der Waals surface area contributed by atoms with Crippen molar-refractivity contribution >= 4 is 46.8 Å². The third-order valence-electron chi connectivity index (χ3n) is 5.21. The first-order valence-electron chi connectivity index (χ1n) is 10.5. The van der Waals surface area contributed by atoms with E-state index in [2.05, 4.69) is 10.6 Å². The van der Waals surface area contributed by atoms with Crippen molar-refractivity contribution in [2.75, 3.05) is 6.61 Å². The van der Waals surface area contributed by atoms with Crippen molar-refractivity contribution in [3.05, 3.63) is 63.0 Å². The van der Waals surface area contributed by atoms with Crippen LogP contribution in [-0.4, -0.2) is 39.8 Å². The minimum Gasteiger partial charge on any atom is -0.483 e. The summed E-state index contributed by atoms with van der Waals surface area (Å²) in [5, 5.41) is 12.4. The van der Waals surface area contributed by atoms with E-state index < -0.39 is 35.0 Å². The van der Waals surface area contributed by atoms with Gasteiger partial charge >= 0.3 is 5.97 Å². The number of thioether (sulfide) groups is 1. The summed E-state index contributed by atoms with van der Waals surface area (Å²) < 4.78 is 5.72. The maximum Gasteiger partial charge on any atom is 0.305 e. The van der Waals surface area contributed by atoms with E-state index in [0.29, 0.717) is 27.6 Å². The highest BCUT2D eigenvalue weighted by Crippen LogP contribution is 2.43. The van der Waals surface area contributed by atoms with Gasteiger partial charge in [-0.3, -0.25) is 19.8 Å². The first-order chi connectivity index (χ1) is 16.1. The Labute approximate surface area is 205 Å². The summed E-state index contributed by atoms with van der Waals surface area (Å²) >= 11 is 7.10. The Morgan fingerprint density at radius 2 is 1.94 bits per heavy atom. The van der Waals surface area contributed by atoms with Gasteiger partial charge in [0.15, 0.2) is 6.61 Å². The minimum absolute atomic E-state index is 0.0155. The number of hydrazine groups is 1. The van der Waals surface area contributed by atoms with Gasteiger partial charge in [0.2, 0.25) is 0 Å². The van der Waals surface area contributed by atoms with E-state index in [1.165, 1.54) is 0 Å². The molecule has 2 unspecified atom stereocenters. The molecule has 2 aromatic carbocycles. The van der Waals surface area contributed by atoms with E-state index in [1.807, 2.05) is 13.8 Å². The molecule has 11 heteroatoms. The molecule has 34 heavy (non-hydrogen) atoms. The maximum absolute atomic E-state index is 12.9. The van der Waals surface area contributed by atoms with Gasteiger partial charge < -0.3 is 9.84 Å². The number of halogens is 1. The van der Waals surface area contributed by atoms with E-state index in [9.17, 15) is 19.3 Å². The van der Waals surface area contributed by atoms with Crippen molar-refractivity contribution in [1.82, 2.24) is 10.4 Å². The number of rotatable bonds is 9. The predicted octanol–water partition coefficient (Wildman–Crippen LogP) is 4.70. The Kier molecular flexibility index (Phi) is 8.16. The molecular formula is C23H24ClN3O6S. The highest BCUT2D eigenvalue weighted by molar-refractivity contribution is 8.01. The molecule has 0 spiro atoms. The summed E-state index contributed by atoms with van der Waals surface area (Å²) in [4.78, 5) is 47.8. The number of amides is 2. The van der Waals surface area contributed by atoms with Gasteiger partial charge in [-0.2, -0.15) is 0 Å². The highest BCUT2D eigenvalue weighted by atomic mass is 35.5. The topological polar surface area (TPSA) is 125 Å². The van der Waals surface area contributed by atoms with Crippen LogP contribution in [-0.2, 0) is 14.4 Å². The molecule has 0 aliphatic carbocycles. The van der Waals surface area contributed by atoms with Crippen LogP contribution in [0.3, 0.4) is 0 Å². The Morgan fingerprint density at radius 3 is 2.53 bits per heavy atom. The van der Waals surface area contributed by atoms with E-state index >= 15 is 0 Å². The largest absolute Gasteiger partial charge is 0.483 e. The van der Waals surface area contributed by atoms with Crippen LogP contribution in [0.2, 0.25) is 5.02 Å². The summed E-state index contributed by atoms with van der Waals surface area (Å²) in [7, 11) is 0. The number of aryl methyl sites for hydroxylation is 1. The Hall–Kier alpha value is -3.11. The third kappa shape index (κ3) is 5.87. The molecule has 180 valence electrons. The van der Waals surface area contributed by atoms with Crippen LogP contribution in [0, 0.1) is 11.8 Å². The lowest BCUT2D eigenvalue weighted by Crippen LogP contribution is -2.47. The molecule has 0 aromatic heterocycles. The number of carboxylic acid groups (broad SMARTS) is 1. The Bertz CT molecular complexity index is 1110. The van der Waals surface area contributed by atoms with Crippen LogP contribution < -0.4 is 10.2 Å². The molecule has 2 aromatic rings. The van der Waals surface area contributed by atoms with Crippen molar-refractivity contribution in [2.24, 2.45) is 5.18 Å². The second-order valence-electron chi connectivity index (χ2n) is 8.08. The van der Waals surface area contributed by atoms with Crippen molar-refractivity contribution in [3.8, 4) is 5.75 Å². The second kappa shape index (κ2) is 10.9. The van der Waals surface area contributed by atoms with E-state index in [0.717, 1.165) is 22.3 Å². The van der Waals surface area contributed by atoms with Gasteiger partial charge in [0.1, 0.15) is 16.8 Å². The minimum atomic E-state index is -1.11. The Balaban J connectivity index is 1.77. The van der Waals surface area contributed by atoms with E-state index in [-0.39, 0.29) is 12.3 Å². The van der Waals surface area contributed by atoms with Gasteiger partial charge in [0.05, 0.1) is 11.7 Å². The fourth-order valence-corrected chi connectivity index (χ4v) is 4.98. The van der Waals surface area contributed by atoms with Gasteiger partial charge in [-0.1, -0.05) is 37.6 Å². The third-order valence-corrected chi connectivity index (χ3v) is 6.90. The molecule has 2 atom stereocenters. The van der Waals surface area contributed by atoms with Crippen LogP contribution in [0.25, 0.3) is 0 Å². The number of benzene rings is 2. The van der Waals surface area contributed by atoms with Gasteiger partial charge in [-0.15, -0.1) is 16.7 Å². The number of hydrogen-bond donors (Lipinski definition) is 2. The van der Waals surface area contributed by atoms with Crippen molar-refractivity contribution < 1.29 is 24.2 Å². The zero-order valence-electron chi connectivity index (χ0n) is 18.8. The van der Waals surface area contributed by atoms with Gasteiger partial charge in [-0.25, -0.2) is 5.01 Å². The summed E-state index contributed by atoms with van der Waals surface area (Å²) in [6, 6.07) is 10.0. The number of ether oxygens (including phenoxy) is 1. The molecule has 1 saturated heterocycles. The number of nitrogens with zero attached hydrogens (tertiary/aromatic N) is 2.